The summed E-state index contributed by atoms with van der Waals surface area (Å²) in [6.45, 7) is 4.47. The standard InChI is InChI=1S/C16H21BrFNO2/c1-16(18,9-14-10-20-5-3-19-14)8-12-7-13(17)6-11-2-4-21-15(11)12/h6-7,14,19H,2-5,8-10H2,1H3. The number of nitrogens with one attached hydrogen (secondary N) is 1. The highest BCUT2D eigenvalue weighted by atomic mass is 79.9. The van der Waals surface area contributed by atoms with Crippen molar-refractivity contribution in [1.29, 1.82) is 0 Å². The first-order chi connectivity index (χ1) is 10.0. The number of benzene rings is 1. The molecule has 2 atom stereocenters. The Morgan fingerprint density at radius 1 is 1.43 bits per heavy atom. The van der Waals surface area contributed by atoms with Gasteiger partial charge in [-0.25, -0.2) is 4.39 Å². The largest absolute Gasteiger partial charge is 0.493 e. The van der Waals surface area contributed by atoms with Crippen molar-refractivity contribution < 1.29 is 13.9 Å². The molecule has 5 heteroatoms. The zero-order chi connectivity index (χ0) is 14.9. The maximum absolute atomic E-state index is 15.0. The van der Waals surface area contributed by atoms with Crippen LogP contribution in [0.1, 0.15) is 24.5 Å². The molecule has 1 N–H and O–H groups in total. The number of morpholine rings is 1. The Balaban J connectivity index is 1.72. The highest BCUT2D eigenvalue weighted by Gasteiger charge is 2.31. The summed E-state index contributed by atoms with van der Waals surface area (Å²) in [5.41, 5.74) is 0.853. The summed E-state index contributed by atoms with van der Waals surface area (Å²) in [6.07, 6.45) is 1.73. The average molecular weight is 358 g/mol. The quantitative estimate of drug-likeness (QED) is 0.898. The second kappa shape index (κ2) is 6.23. The Labute approximate surface area is 133 Å². The van der Waals surface area contributed by atoms with Crippen LogP contribution in [0.4, 0.5) is 4.39 Å². The van der Waals surface area contributed by atoms with Gasteiger partial charge in [0.2, 0.25) is 0 Å². The number of alkyl halides is 1. The van der Waals surface area contributed by atoms with Crippen LogP contribution < -0.4 is 10.1 Å². The van der Waals surface area contributed by atoms with Crippen molar-refractivity contribution in [2.75, 3.05) is 26.4 Å². The van der Waals surface area contributed by atoms with Crippen molar-refractivity contribution in [1.82, 2.24) is 5.32 Å². The molecule has 21 heavy (non-hydrogen) atoms. The number of fused-ring (bicyclic) bond motifs is 1. The van der Waals surface area contributed by atoms with Crippen LogP contribution in [0.5, 0.6) is 5.75 Å². The molecule has 1 aromatic carbocycles. The van der Waals surface area contributed by atoms with Crippen LogP contribution in [0.2, 0.25) is 0 Å². The maximum Gasteiger partial charge on any atom is 0.126 e. The molecular formula is C16H21BrFNO2. The molecule has 1 saturated heterocycles. The van der Waals surface area contributed by atoms with Gasteiger partial charge in [0.25, 0.3) is 0 Å². The molecule has 1 fully saturated rings. The van der Waals surface area contributed by atoms with Crippen molar-refractivity contribution in [2.24, 2.45) is 0 Å². The number of hydrogen-bond acceptors (Lipinski definition) is 3. The van der Waals surface area contributed by atoms with E-state index in [0.29, 0.717) is 32.7 Å². The Hall–Kier alpha value is -0.650. The second-order valence-corrected chi connectivity index (χ2v) is 7.09. The third kappa shape index (κ3) is 3.76. The van der Waals surface area contributed by atoms with E-state index in [0.717, 1.165) is 28.8 Å². The minimum atomic E-state index is -1.28. The second-order valence-electron chi connectivity index (χ2n) is 6.17. The monoisotopic (exact) mass is 357 g/mol. The van der Waals surface area contributed by atoms with E-state index in [1.165, 1.54) is 5.56 Å². The molecule has 1 aromatic rings. The fourth-order valence-corrected chi connectivity index (χ4v) is 3.76. The van der Waals surface area contributed by atoms with Gasteiger partial charge in [0.15, 0.2) is 0 Å². The van der Waals surface area contributed by atoms with E-state index < -0.39 is 5.67 Å². The average Bonchev–Trinajstić information content (AvgIpc) is 2.87. The molecule has 2 aliphatic rings. The zero-order valence-corrected chi connectivity index (χ0v) is 13.8. The van der Waals surface area contributed by atoms with E-state index in [4.69, 9.17) is 9.47 Å². The number of rotatable bonds is 4. The van der Waals surface area contributed by atoms with Gasteiger partial charge in [-0.2, -0.15) is 0 Å². The summed E-state index contributed by atoms with van der Waals surface area (Å²) >= 11 is 3.51. The fourth-order valence-electron chi connectivity index (χ4n) is 3.21. The number of hydrogen-bond donors (Lipinski definition) is 1. The minimum absolute atomic E-state index is 0.0925. The van der Waals surface area contributed by atoms with E-state index in [2.05, 4.69) is 27.3 Å². The summed E-state index contributed by atoms with van der Waals surface area (Å²) in [6, 6.07) is 4.14. The van der Waals surface area contributed by atoms with Gasteiger partial charge in [-0.05, 0) is 36.6 Å². The molecule has 3 rings (SSSR count). The first kappa shape index (κ1) is 15.3. The lowest BCUT2D eigenvalue weighted by Gasteiger charge is -2.30. The van der Waals surface area contributed by atoms with Gasteiger partial charge in [0, 0.05) is 29.9 Å². The summed E-state index contributed by atoms with van der Waals surface area (Å²) in [4.78, 5) is 0. The first-order valence-corrected chi connectivity index (χ1v) is 8.27. The van der Waals surface area contributed by atoms with Crippen LogP contribution in [0, 0.1) is 0 Å². The van der Waals surface area contributed by atoms with Crippen LogP contribution in [0.25, 0.3) is 0 Å². The van der Waals surface area contributed by atoms with Crippen LogP contribution in [0.3, 0.4) is 0 Å². The van der Waals surface area contributed by atoms with Gasteiger partial charge in [0.1, 0.15) is 11.4 Å². The maximum atomic E-state index is 15.0. The molecule has 0 bridgehead atoms. The first-order valence-electron chi connectivity index (χ1n) is 7.48. The van der Waals surface area contributed by atoms with Gasteiger partial charge in [-0.15, -0.1) is 0 Å². The van der Waals surface area contributed by atoms with Crippen molar-refractivity contribution in [3.05, 3.63) is 27.7 Å². The Morgan fingerprint density at radius 3 is 3.05 bits per heavy atom. The Bertz CT molecular complexity index is 515. The highest BCUT2D eigenvalue weighted by molar-refractivity contribution is 9.10. The van der Waals surface area contributed by atoms with Gasteiger partial charge in [0.05, 0.1) is 19.8 Å². The van der Waals surface area contributed by atoms with Crippen LogP contribution in [-0.2, 0) is 17.6 Å². The topological polar surface area (TPSA) is 30.5 Å². The third-order valence-electron chi connectivity index (χ3n) is 4.05. The Kier molecular flexibility index (Phi) is 4.52. The predicted octanol–water partition coefficient (Wildman–Crippen LogP) is 3.03. The lowest BCUT2D eigenvalue weighted by atomic mass is 9.90. The molecule has 2 heterocycles. The van der Waals surface area contributed by atoms with Gasteiger partial charge >= 0.3 is 0 Å². The van der Waals surface area contributed by atoms with Crippen molar-refractivity contribution in [3.8, 4) is 5.75 Å². The lowest BCUT2D eigenvalue weighted by Crippen LogP contribution is -2.45. The molecule has 0 aromatic heterocycles. The van der Waals surface area contributed by atoms with E-state index in [1.807, 2.05) is 6.07 Å². The van der Waals surface area contributed by atoms with Crippen molar-refractivity contribution >= 4 is 15.9 Å². The fraction of sp³-hybridized carbons (Fsp3) is 0.625. The Morgan fingerprint density at radius 2 is 2.29 bits per heavy atom. The molecule has 116 valence electrons. The highest BCUT2D eigenvalue weighted by Crippen LogP contribution is 2.36. The van der Waals surface area contributed by atoms with Crippen LogP contribution in [0.15, 0.2) is 16.6 Å². The van der Waals surface area contributed by atoms with E-state index in [-0.39, 0.29) is 6.04 Å². The van der Waals surface area contributed by atoms with Crippen LogP contribution >= 0.6 is 15.9 Å². The molecule has 0 saturated carbocycles. The summed E-state index contributed by atoms with van der Waals surface area (Å²) in [5, 5.41) is 3.32. The number of halogens is 2. The molecule has 0 amide bonds. The van der Waals surface area contributed by atoms with Gasteiger partial charge in [-0.3, -0.25) is 0 Å². The van der Waals surface area contributed by atoms with Gasteiger partial charge in [-0.1, -0.05) is 15.9 Å². The van der Waals surface area contributed by atoms with Crippen molar-refractivity contribution in [3.63, 3.8) is 0 Å². The lowest BCUT2D eigenvalue weighted by molar-refractivity contribution is 0.0482. The summed E-state index contributed by atoms with van der Waals surface area (Å²) in [7, 11) is 0. The molecule has 0 radical (unpaired) electrons. The van der Waals surface area contributed by atoms with E-state index in [1.54, 1.807) is 6.92 Å². The zero-order valence-electron chi connectivity index (χ0n) is 12.3. The summed E-state index contributed by atoms with van der Waals surface area (Å²) < 4.78 is 27.1. The molecule has 0 aliphatic carbocycles. The third-order valence-corrected chi connectivity index (χ3v) is 4.51. The van der Waals surface area contributed by atoms with Crippen molar-refractivity contribution in [2.45, 2.75) is 37.9 Å². The smallest absolute Gasteiger partial charge is 0.126 e. The van der Waals surface area contributed by atoms with E-state index >= 15 is 0 Å². The molecule has 3 nitrogen and oxygen atoms in total. The molecule has 0 spiro atoms. The SMILES string of the molecule is CC(F)(Cc1cc(Br)cc2c1OCC2)CC1COCCN1. The molecule has 2 aliphatic heterocycles. The molecular weight excluding hydrogens is 337 g/mol. The van der Waals surface area contributed by atoms with Gasteiger partial charge < -0.3 is 14.8 Å². The molecule has 2 unspecified atom stereocenters. The van der Waals surface area contributed by atoms with Crippen LogP contribution in [-0.4, -0.2) is 38.1 Å². The minimum Gasteiger partial charge on any atom is -0.493 e. The van der Waals surface area contributed by atoms with E-state index in [9.17, 15) is 4.39 Å². The summed E-state index contributed by atoms with van der Waals surface area (Å²) in [5.74, 6) is 0.884. The normalized spacial score (nSPS) is 24.2. The predicted molar refractivity (Wildman–Crippen MR) is 83.8 cm³/mol. The number of ether oxygens (including phenoxy) is 2.